The molecule has 0 bridgehead atoms. The van der Waals surface area contributed by atoms with Gasteiger partial charge in [-0.3, -0.25) is 23.6 Å². The van der Waals surface area contributed by atoms with Gasteiger partial charge in [0.2, 0.25) is 10.0 Å². The summed E-state index contributed by atoms with van der Waals surface area (Å²) < 4.78 is 40.2. The Hall–Kier alpha value is -4.17. The average molecular weight is 582 g/mol. The number of rotatable bonds is 12. The first-order chi connectivity index (χ1) is 19.3. The number of carbonyl (C=O) groups excluding carboxylic acids is 3. The highest BCUT2D eigenvalue weighted by molar-refractivity contribution is 7.89. The second kappa shape index (κ2) is 13.5. The lowest BCUT2D eigenvalue weighted by Gasteiger charge is -2.24. The molecule has 3 aromatic rings. The maximum Gasteiger partial charge on any atom is 0.326 e. The van der Waals surface area contributed by atoms with E-state index in [9.17, 15) is 27.6 Å². The Morgan fingerprint density at radius 1 is 1.00 bits per heavy atom. The molecular weight excluding hydrogens is 551 g/mol. The summed E-state index contributed by atoms with van der Waals surface area (Å²) in [6.07, 6.45) is 1.90. The number of carbonyl (C=O) groups is 3. The van der Waals surface area contributed by atoms with E-state index in [-0.39, 0.29) is 17.1 Å². The predicted octanol–water partition coefficient (Wildman–Crippen LogP) is 1.37. The van der Waals surface area contributed by atoms with Crippen LogP contribution in [0.25, 0.3) is 5.52 Å². The number of benzene rings is 1. The van der Waals surface area contributed by atoms with Gasteiger partial charge in [-0.15, -0.1) is 0 Å². The summed E-state index contributed by atoms with van der Waals surface area (Å²) >= 11 is 0. The third-order valence-corrected chi connectivity index (χ3v) is 6.95. The zero-order chi connectivity index (χ0) is 30.2. The monoisotopic (exact) mass is 582 g/mol. The molecule has 0 aliphatic heterocycles. The molecule has 0 aliphatic carbocycles. The van der Waals surface area contributed by atoms with Gasteiger partial charge in [0.05, 0.1) is 17.7 Å². The van der Waals surface area contributed by atoms with Gasteiger partial charge >= 0.3 is 5.97 Å². The maximum absolute atomic E-state index is 13.1. The predicted molar refractivity (Wildman–Crippen MR) is 152 cm³/mol. The lowest BCUT2D eigenvalue weighted by Crippen LogP contribution is -2.50. The number of aromatic nitrogens is 1. The van der Waals surface area contributed by atoms with Gasteiger partial charge < -0.3 is 20.1 Å². The van der Waals surface area contributed by atoms with Gasteiger partial charge in [-0.25, -0.2) is 8.42 Å². The topological polar surface area (TPSA) is 161 Å². The molecule has 12 nitrogen and oxygen atoms in total. The van der Waals surface area contributed by atoms with Gasteiger partial charge in [-0.1, -0.05) is 18.2 Å². The third-order valence-electron chi connectivity index (χ3n) is 5.47. The summed E-state index contributed by atoms with van der Waals surface area (Å²) in [7, 11) is 0.878. The van der Waals surface area contributed by atoms with Crippen molar-refractivity contribution < 1.29 is 32.3 Å². The van der Waals surface area contributed by atoms with Crippen LogP contribution in [0.4, 0.5) is 4.79 Å². The summed E-state index contributed by atoms with van der Waals surface area (Å²) in [5.74, 6) is -2.00. The number of nitrogens with zero attached hydrogens (tertiary/aromatic N) is 1. The van der Waals surface area contributed by atoms with Crippen LogP contribution >= 0.6 is 0 Å². The van der Waals surface area contributed by atoms with E-state index < -0.39 is 51.5 Å². The average Bonchev–Trinajstić information content (AvgIpc) is 2.90. The molecule has 3 N–H and O–H groups in total. The van der Waals surface area contributed by atoms with E-state index in [2.05, 4.69) is 15.4 Å². The van der Waals surface area contributed by atoms with Gasteiger partial charge in [0, 0.05) is 18.6 Å². The van der Waals surface area contributed by atoms with Crippen molar-refractivity contribution in [3.8, 4) is 5.75 Å². The molecule has 14 heteroatoms. The number of pyridine rings is 2. The molecular formula is C27H31BN4O8S. The van der Waals surface area contributed by atoms with Crippen LogP contribution in [-0.2, 0) is 19.6 Å². The Bertz CT molecular complexity index is 1570. The summed E-state index contributed by atoms with van der Waals surface area (Å²) in [5.41, 5.74) is -1.32. The molecule has 2 radical (unpaired) electrons. The minimum Gasteiger partial charge on any atom is -0.492 e. The van der Waals surface area contributed by atoms with Gasteiger partial charge in [-0.05, 0) is 63.6 Å². The van der Waals surface area contributed by atoms with Gasteiger partial charge in [0.1, 0.15) is 23.0 Å². The van der Waals surface area contributed by atoms with Gasteiger partial charge in [0.25, 0.3) is 11.5 Å². The molecule has 0 saturated heterocycles. The first-order valence-electron chi connectivity index (χ1n) is 12.7. The van der Waals surface area contributed by atoms with Crippen molar-refractivity contribution in [2.24, 2.45) is 0 Å². The largest absolute Gasteiger partial charge is 0.492 e. The zero-order valence-corrected chi connectivity index (χ0v) is 23.7. The molecule has 3 rings (SSSR count). The molecule has 0 unspecified atom stereocenters. The quantitative estimate of drug-likeness (QED) is 0.164. The zero-order valence-electron chi connectivity index (χ0n) is 22.9. The summed E-state index contributed by atoms with van der Waals surface area (Å²) in [6, 6.07) is 12.1. The lowest BCUT2D eigenvalue weighted by molar-refractivity contribution is -0.156. The summed E-state index contributed by atoms with van der Waals surface area (Å²) in [4.78, 5) is 49.7. The Morgan fingerprint density at radius 2 is 1.68 bits per heavy atom. The molecule has 0 aliphatic rings. The van der Waals surface area contributed by atoms with E-state index in [0.29, 0.717) is 24.2 Å². The van der Waals surface area contributed by atoms with Crippen molar-refractivity contribution in [3.05, 3.63) is 76.7 Å². The number of hydrogen-bond acceptors (Lipinski definition) is 8. The highest BCUT2D eigenvalue weighted by Gasteiger charge is 2.30. The molecule has 2 amide bonds. The minimum atomic E-state index is -4.14. The first kappa shape index (κ1) is 31.4. The smallest absolute Gasteiger partial charge is 0.326 e. The second-order valence-corrected chi connectivity index (χ2v) is 11.6. The van der Waals surface area contributed by atoms with Crippen LogP contribution in [0.3, 0.4) is 0 Å². The number of sulfonamides is 1. The van der Waals surface area contributed by atoms with E-state index >= 15 is 0 Å². The van der Waals surface area contributed by atoms with Gasteiger partial charge in [-0.2, -0.15) is 4.72 Å². The standard InChI is InChI=1S/C27H31BN4O8S/c1-27(2,3)40-25(35)22(31-41(37,38)20-8-5-4-6-9-20)16-30-23(33)21-13-11-18-10-12-19(17-32(18)24(21)34)39-15-7-14-29-26(28)36/h4-6,8-13,17,22,31H,7,14-16H2,1-3H3,(H,29,36)(H,30,33)/t22-/m0/s1. The fraction of sp³-hybridized carbons (Fsp3) is 0.333. The molecule has 0 fully saturated rings. The number of amides is 2. The van der Waals surface area contributed by atoms with Crippen LogP contribution in [0.1, 0.15) is 37.6 Å². The van der Waals surface area contributed by atoms with Gasteiger partial charge in [0.15, 0.2) is 13.7 Å². The summed E-state index contributed by atoms with van der Waals surface area (Å²) in [6.45, 7) is 4.95. The van der Waals surface area contributed by atoms with E-state index in [1.165, 1.54) is 40.9 Å². The Morgan fingerprint density at radius 3 is 2.34 bits per heavy atom. The molecule has 1 aromatic carbocycles. The summed E-state index contributed by atoms with van der Waals surface area (Å²) in [5, 5.41) is 4.90. The minimum absolute atomic E-state index is 0.0742. The number of ether oxygens (including phenoxy) is 2. The maximum atomic E-state index is 13.1. The van der Waals surface area contributed by atoms with Crippen molar-refractivity contribution >= 4 is 41.1 Å². The molecule has 1 atom stereocenters. The highest BCUT2D eigenvalue weighted by Crippen LogP contribution is 2.14. The van der Waals surface area contributed by atoms with Crippen LogP contribution in [0.5, 0.6) is 5.75 Å². The fourth-order valence-electron chi connectivity index (χ4n) is 3.60. The Kier molecular flexibility index (Phi) is 10.3. The van der Waals surface area contributed by atoms with E-state index in [0.717, 1.165) is 0 Å². The van der Waals surface area contributed by atoms with Crippen molar-refractivity contribution in [2.45, 2.75) is 43.7 Å². The van der Waals surface area contributed by atoms with E-state index in [1.54, 1.807) is 45.0 Å². The number of fused-ring (bicyclic) bond motifs is 1. The molecule has 0 spiro atoms. The van der Waals surface area contributed by atoms with Crippen molar-refractivity contribution in [2.75, 3.05) is 19.7 Å². The third kappa shape index (κ3) is 9.18. The lowest BCUT2D eigenvalue weighted by atomic mass is 10.1. The SMILES string of the molecule is [B]C(=O)NCCCOc1ccc2ccc(C(=O)NC[C@H](NS(=O)(=O)c3ccccc3)C(=O)OC(C)(C)C)c(=O)n2c1. The molecule has 41 heavy (non-hydrogen) atoms. The fourth-order valence-corrected chi connectivity index (χ4v) is 4.80. The number of esters is 1. The highest BCUT2D eigenvalue weighted by atomic mass is 32.2. The first-order valence-corrected chi connectivity index (χ1v) is 14.1. The van der Waals surface area contributed by atoms with Crippen LogP contribution in [0.15, 0.2) is 70.5 Å². The number of hydrogen-bond donors (Lipinski definition) is 3. The molecule has 2 aromatic heterocycles. The molecule has 2 heterocycles. The van der Waals surface area contributed by atoms with Crippen LogP contribution in [-0.4, -0.2) is 69.7 Å². The van der Waals surface area contributed by atoms with E-state index in [4.69, 9.17) is 17.3 Å². The normalized spacial score (nSPS) is 12.4. The van der Waals surface area contributed by atoms with Crippen LogP contribution in [0.2, 0.25) is 0 Å². The van der Waals surface area contributed by atoms with Crippen molar-refractivity contribution in [1.29, 1.82) is 0 Å². The Balaban J connectivity index is 1.76. The van der Waals surface area contributed by atoms with Crippen LogP contribution < -0.4 is 25.7 Å². The molecule has 216 valence electrons. The van der Waals surface area contributed by atoms with Crippen molar-refractivity contribution in [3.63, 3.8) is 0 Å². The van der Waals surface area contributed by atoms with Crippen LogP contribution in [0, 0.1) is 0 Å². The number of nitrogens with one attached hydrogen (secondary N) is 3. The Labute approximate surface area is 238 Å². The van der Waals surface area contributed by atoms with E-state index in [1.807, 2.05) is 0 Å². The second-order valence-electron chi connectivity index (χ2n) is 9.94. The molecule has 0 saturated carbocycles. The van der Waals surface area contributed by atoms with Crippen molar-refractivity contribution in [1.82, 2.24) is 19.8 Å².